The minimum Gasteiger partial charge on any atom is -0.669 e. The van der Waals surface area contributed by atoms with Gasteiger partial charge in [-0.25, -0.2) is 13.1 Å². The lowest BCUT2D eigenvalue weighted by Crippen LogP contribution is -2.40. The molecule has 2 aromatic rings. The van der Waals surface area contributed by atoms with Gasteiger partial charge in [0.1, 0.15) is 0 Å². The number of sulfonamides is 1. The van der Waals surface area contributed by atoms with Crippen molar-refractivity contribution in [2.45, 2.75) is 17.6 Å². The Hall–Kier alpha value is -1.90. The molecule has 0 amide bonds. The van der Waals surface area contributed by atoms with Crippen LogP contribution in [0.5, 0.6) is 0 Å². The van der Waals surface area contributed by atoms with Gasteiger partial charge >= 0.3 is 15.5 Å². The van der Waals surface area contributed by atoms with Crippen LogP contribution in [0.4, 0.5) is 13.2 Å². The summed E-state index contributed by atoms with van der Waals surface area (Å²) >= 11 is 0. The Balaban J connectivity index is 2.42. The van der Waals surface area contributed by atoms with Crippen LogP contribution in [0.3, 0.4) is 0 Å². The van der Waals surface area contributed by atoms with E-state index in [1.165, 1.54) is 12.1 Å². The van der Waals surface area contributed by atoms with Crippen LogP contribution in [0.15, 0.2) is 60.7 Å². The summed E-state index contributed by atoms with van der Waals surface area (Å²) in [6, 6.07) is 13.3. The Morgan fingerprint density at radius 1 is 0.870 bits per heavy atom. The van der Waals surface area contributed by atoms with E-state index >= 15 is 0 Å². The molecule has 124 valence electrons. The van der Waals surface area contributed by atoms with Gasteiger partial charge in [-0.15, -0.1) is 0 Å². The highest BCUT2D eigenvalue weighted by atomic mass is 32.2. The third-order valence-electron chi connectivity index (χ3n) is 3.24. The van der Waals surface area contributed by atoms with Gasteiger partial charge in [0.15, 0.2) is 0 Å². The zero-order valence-corrected chi connectivity index (χ0v) is 12.6. The predicted molar refractivity (Wildman–Crippen MR) is 80.8 cm³/mol. The molecule has 0 aliphatic carbocycles. The first-order valence-corrected chi connectivity index (χ1v) is 8.10. The average Bonchev–Trinajstić information content (AvgIpc) is 2.52. The summed E-state index contributed by atoms with van der Waals surface area (Å²) in [6.07, 6.45) is 0. The Morgan fingerprint density at radius 3 is 1.74 bits per heavy atom. The molecule has 0 heterocycles. The van der Waals surface area contributed by atoms with Crippen LogP contribution >= 0.6 is 0 Å². The molecular formula is C15H14F3N2O2S-. The van der Waals surface area contributed by atoms with Gasteiger partial charge in [-0.3, -0.25) is 0 Å². The summed E-state index contributed by atoms with van der Waals surface area (Å²) in [5.41, 5.74) is 3.45. The third-order valence-corrected chi connectivity index (χ3v) is 4.41. The first-order valence-electron chi connectivity index (χ1n) is 6.62. The molecule has 0 aromatic heterocycles. The normalized spacial score (nSPS) is 15.1. The molecule has 0 aliphatic heterocycles. The van der Waals surface area contributed by atoms with Gasteiger partial charge in [0.2, 0.25) is 0 Å². The standard InChI is InChI=1S/C15H14F3N2O2S/c16-15(17,18)23(21,22)20-14(12-9-5-2-6-10-12)13(19)11-7-3-1-4-8-11/h1-10,13-14,19-20H/q-1/t13-,14+/m0/s1. The van der Waals surface area contributed by atoms with Gasteiger partial charge in [0, 0.05) is 6.04 Å². The molecule has 4 nitrogen and oxygen atoms in total. The molecule has 2 N–H and O–H groups in total. The molecule has 0 unspecified atom stereocenters. The molecule has 2 rings (SSSR count). The maximum atomic E-state index is 12.7. The summed E-state index contributed by atoms with van der Waals surface area (Å²) < 4.78 is 62.5. The van der Waals surface area contributed by atoms with E-state index in [0.29, 0.717) is 5.56 Å². The van der Waals surface area contributed by atoms with Gasteiger partial charge in [-0.1, -0.05) is 72.3 Å². The van der Waals surface area contributed by atoms with Crippen molar-refractivity contribution in [3.8, 4) is 0 Å². The number of rotatable bonds is 5. The Bertz CT molecular complexity index is 734. The zero-order valence-electron chi connectivity index (χ0n) is 11.8. The summed E-state index contributed by atoms with van der Waals surface area (Å²) in [5, 5.41) is 0. The van der Waals surface area contributed by atoms with Crippen LogP contribution in [-0.4, -0.2) is 13.9 Å². The molecule has 0 spiro atoms. The minimum atomic E-state index is -5.57. The fourth-order valence-corrected chi connectivity index (χ4v) is 2.82. The second-order valence-electron chi connectivity index (χ2n) is 4.84. The van der Waals surface area contributed by atoms with Crippen molar-refractivity contribution >= 4 is 10.0 Å². The highest BCUT2D eigenvalue weighted by molar-refractivity contribution is 7.90. The largest absolute Gasteiger partial charge is 0.669 e. The zero-order chi connectivity index (χ0) is 17.1. The SMILES string of the molecule is [NH-][C@@H](c1ccccc1)[C@H](NS(=O)(=O)C(F)(F)F)c1ccccc1. The van der Waals surface area contributed by atoms with Crippen molar-refractivity contribution in [3.63, 3.8) is 0 Å². The topological polar surface area (TPSA) is 70.0 Å². The highest BCUT2D eigenvalue weighted by Gasteiger charge is 2.47. The van der Waals surface area contributed by atoms with Crippen LogP contribution in [-0.2, 0) is 10.0 Å². The van der Waals surface area contributed by atoms with Crippen molar-refractivity contribution in [3.05, 3.63) is 77.5 Å². The van der Waals surface area contributed by atoms with E-state index in [4.69, 9.17) is 5.73 Å². The smallest absolute Gasteiger partial charge is 0.511 e. The molecule has 0 aliphatic rings. The molecule has 2 atom stereocenters. The number of hydrogen-bond donors (Lipinski definition) is 1. The van der Waals surface area contributed by atoms with Gasteiger partial charge in [-0.2, -0.15) is 13.2 Å². The van der Waals surface area contributed by atoms with Crippen molar-refractivity contribution in [2.75, 3.05) is 0 Å². The molecule has 2 aromatic carbocycles. The Kier molecular flexibility index (Phi) is 5.08. The number of hydrogen-bond acceptors (Lipinski definition) is 2. The molecule has 8 heteroatoms. The van der Waals surface area contributed by atoms with E-state index in [0.717, 1.165) is 0 Å². The minimum absolute atomic E-state index is 0.282. The van der Waals surface area contributed by atoms with Crippen LogP contribution in [0, 0.1) is 0 Å². The lowest BCUT2D eigenvalue weighted by molar-refractivity contribution is -0.0451. The first-order chi connectivity index (χ1) is 10.7. The van der Waals surface area contributed by atoms with Gasteiger partial charge in [-0.05, 0) is 5.56 Å². The molecule has 0 radical (unpaired) electrons. The molecular weight excluding hydrogens is 329 g/mol. The maximum Gasteiger partial charge on any atom is 0.511 e. The quantitative estimate of drug-likeness (QED) is 0.893. The van der Waals surface area contributed by atoms with Gasteiger partial charge in [0.05, 0.1) is 0 Å². The van der Waals surface area contributed by atoms with E-state index in [9.17, 15) is 21.6 Å². The summed E-state index contributed by atoms with van der Waals surface area (Å²) in [4.78, 5) is 0. The van der Waals surface area contributed by atoms with E-state index in [1.54, 1.807) is 53.3 Å². The van der Waals surface area contributed by atoms with E-state index in [1.807, 2.05) is 0 Å². The fourth-order valence-electron chi connectivity index (χ4n) is 2.08. The van der Waals surface area contributed by atoms with Crippen LogP contribution in [0.25, 0.3) is 5.73 Å². The predicted octanol–water partition coefficient (Wildman–Crippen LogP) is 3.96. The highest BCUT2D eigenvalue weighted by Crippen LogP contribution is 2.34. The van der Waals surface area contributed by atoms with Gasteiger partial charge < -0.3 is 5.73 Å². The Labute approximate surface area is 132 Å². The number of alkyl halides is 3. The summed E-state index contributed by atoms with van der Waals surface area (Å²) in [6.45, 7) is 0. The fraction of sp³-hybridized carbons (Fsp3) is 0.200. The van der Waals surface area contributed by atoms with Crippen molar-refractivity contribution in [1.29, 1.82) is 0 Å². The number of nitrogens with one attached hydrogen (secondary N) is 2. The van der Waals surface area contributed by atoms with Gasteiger partial charge in [0.25, 0.3) is 0 Å². The Morgan fingerprint density at radius 2 is 1.30 bits per heavy atom. The summed E-state index contributed by atoms with van der Waals surface area (Å²) in [5.74, 6) is 0. The molecule has 0 saturated heterocycles. The van der Waals surface area contributed by atoms with Crippen molar-refractivity contribution in [1.82, 2.24) is 4.72 Å². The van der Waals surface area contributed by atoms with E-state index in [-0.39, 0.29) is 5.56 Å². The van der Waals surface area contributed by atoms with Crippen LogP contribution < -0.4 is 4.72 Å². The van der Waals surface area contributed by atoms with E-state index in [2.05, 4.69) is 0 Å². The first kappa shape index (κ1) is 17.5. The van der Waals surface area contributed by atoms with Crippen molar-refractivity contribution < 1.29 is 21.6 Å². The lowest BCUT2D eigenvalue weighted by atomic mass is 9.95. The molecule has 0 fully saturated rings. The molecule has 23 heavy (non-hydrogen) atoms. The number of benzene rings is 2. The van der Waals surface area contributed by atoms with Crippen LogP contribution in [0.2, 0.25) is 0 Å². The van der Waals surface area contributed by atoms with Crippen LogP contribution in [0.1, 0.15) is 23.2 Å². The van der Waals surface area contributed by atoms with Crippen molar-refractivity contribution in [2.24, 2.45) is 0 Å². The lowest BCUT2D eigenvalue weighted by Gasteiger charge is -2.32. The third kappa shape index (κ3) is 4.10. The van der Waals surface area contributed by atoms with E-state index < -0.39 is 27.6 Å². The summed E-state index contributed by atoms with van der Waals surface area (Å²) in [7, 11) is -5.57. The molecule has 0 saturated carbocycles. The second-order valence-corrected chi connectivity index (χ2v) is 6.55. The second kappa shape index (κ2) is 6.69. The average molecular weight is 343 g/mol. The molecule has 0 bridgehead atoms. The maximum absolute atomic E-state index is 12.7. The number of halogens is 3. The monoisotopic (exact) mass is 343 g/mol.